The molecule has 0 aromatic carbocycles. The van der Waals surface area contributed by atoms with E-state index in [1.54, 1.807) is 0 Å². The Bertz CT molecular complexity index is 198. The molecule has 0 rings (SSSR count). The number of hydrogen-bond donors (Lipinski definition) is 0. The highest BCUT2D eigenvalue weighted by Gasteiger charge is 2.24. The molecule has 0 saturated heterocycles. The molecular weight excluding hydrogens is 232 g/mol. The van der Waals surface area contributed by atoms with Gasteiger partial charge in [-0.2, -0.15) is 0 Å². The van der Waals surface area contributed by atoms with Crippen molar-refractivity contribution >= 4 is 28.0 Å². The fourth-order valence-corrected chi connectivity index (χ4v) is 3.53. The van der Waals surface area contributed by atoms with Crippen LogP contribution in [0, 0.1) is 0 Å². The van der Waals surface area contributed by atoms with Crippen molar-refractivity contribution < 1.29 is 14.6 Å². The Balaban J connectivity index is 3.55. The fraction of sp³-hybridized carbons (Fsp3) is 0.778. The van der Waals surface area contributed by atoms with Crippen LogP contribution in [0.2, 0.25) is 0 Å². The van der Waals surface area contributed by atoms with Crippen LogP contribution in [-0.2, 0) is 9.47 Å². The van der Waals surface area contributed by atoms with Crippen molar-refractivity contribution in [2.45, 2.75) is 0 Å². The van der Waals surface area contributed by atoms with Crippen molar-refractivity contribution in [2.75, 3.05) is 46.5 Å². The molecule has 0 aliphatic heterocycles. The lowest BCUT2D eigenvalue weighted by Gasteiger charge is -2.08. The minimum Gasteiger partial charge on any atom is -0.853 e. The first-order valence-electron chi connectivity index (χ1n) is 4.69. The summed E-state index contributed by atoms with van der Waals surface area (Å²) in [7, 11) is -0.794. The summed E-state index contributed by atoms with van der Waals surface area (Å²) in [6.45, 7) is 5.78. The largest absolute Gasteiger partial charge is 0.853 e. The molecule has 0 spiro atoms. The number of hydrogen-bond acceptors (Lipinski definition) is 4. The van der Waals surface area contributed by atoms with E-state index in [0.717, 1.165) is 0 Å². The van der Waals surface area contributed by atoms with E-state index < -0.39 is 15.4 Å². The van der Waals surface area contributed by atoms with Crippen molar-refractivity contribution in [1.82, 2.24) is 4.44 Å². The smallest absolute Gasteiger partial charge is 0.221 e. The molecule has 0 amide bonds. The third kappa shape index (κ3) is 8.04. The highest BCUT2D eigenvalue weighted by Crippen LogP contribution is 2.36. The lowest BCUT2D eigenvalue weighted by Crippen LogP contribution is -2.17. The second-order valence-corrected chi connectivity index (χ2v) is 6.95. The predicted octanol–water partition coefficient (Wildman–Crippen LogP) is 0.557. The van der Waals surface area contributed by atoms with Crippen molar-refractivity contribution in [3.8, 4) is 0 Å². The van der Waals surface area contributed by atoms with Gasteiger partial charge in [0.25, 0.3) is 0 Å². The quantitative estimate of drug-likeness (QED) is 0.341. The van der Waals surface area contributed by atoms with E-state index in [4.69, 9.17) is 9.47 Å². The number of nitrogens with zero attached hydrogens (tertiary/aromatic N) is 1. The summed E-state index contributed by atoms with van der Waals surface area (Å²) in [5, 5.41) is 10.1. The third-order valence-electron chi connectivity index (χ3n) is 1.59. The van der Waals surface area contributed by atoms with E-state index in [9.17, 15) is 5.11 Å². The Labute approximate surface area is 94.1 Å². The zero-order chi connectivity index (χ0) is 11.7. The summed E-state index contributed by atoms with van der Waals surface area (Å²) in [6.07, 6.45) is 8.01. The molecule has 0 aromatic heterocycles. The Morgan fingerprint density at radius 2 is 1.60 bits per heavy atom. The molecule has 88 valence electrons. The van der Waals surface area contributed by atoms with Gasteiger partial charge in [-0.05, 0) is 0 Å². The van der Waals surface area contributed by atoms with E-state index >= 15 is 0 Å². The van der Waals surface area contributed by atoms with E-state index in [-0.39, 0.29) is 13.2 Å². The highest BCUT2D eigenvalue weighted by molar-refractivity contribution is 7.67. The predicted molar refractivity (Wildman–Crippen MR) is 68.3 cm³/mol. The Hall–Kier alpha value is 0.180. The van der Waals surface area contributed by atoms with Gasteiger partial charge in [0, 0.05) is 6.61 Å². The van der Waals surface area contributed by atoms with Crippen molar-refractivity contribution in [3.63, 3.8) is 0 Å². The van der Waals surface area contributed by atoms with Crippen LogP contribution < -0.4 is 5.11 Å². The molecule has 0 aliphatic carbocycles. The Morgan fingerprint density at radius 3 is 2.07 bits per heavy atom. The van der Waals surface area contributed by atoms with E-state index in [2.05, 4.69) is 30.4 Å². The molecule has 0 aliphatic rings. The van der Waals surface area contributed by atoms with Crippen LogP contribution >= 0.6 is 15.4 Å². The zero-order valence-corrected chi connectivity index (χ0v) is 11.3. The lowest BCUT2D eigenvalue weighted by molar-refractivity contribution is -0.374. The van der Waals surface area contributed by atoms with Crippen LogP contribution in [0.1, 0.15) is 0 Å². The molecule has 0 N–H and O–H groups in total. The lowest BCUT2D eigenvalue weighted by atomic mass is 10.7. The standard InChI is InChI=1S/C9H20NO3P2/c1-14(2)10(15(3)4)9-13-8-7-12-6-5-11/h1,3,5-9H2,2,4H3/q+1. The average Bonchev–Trinajstić information content (AvgIpc) is 2.15. The van der Waals surface area contributed by atoms with E-state index in [0.29, 0.717) is 19.9 Å². The summed E-state index contributed by atoms with van der Waals surface area (Å²) < 4.78 is 12.6. The first-order valence-corrected chi connectivity index (χ1v) is 8.54. The summed E-state index contributed by atoms with van der Waals surface area (Å²) in [4.78, 5) is 0. The van der Waals surface area contributed by atoms with Crippen LogP contribution in [0.15, 0.2) is 0 Å². The molecule has 4 nitrogen and oxygen atoms in total. The normalized spacial score (nSPS) is 13.1. The molecule has 0 aromatic rings. The SMILES string of the molecule is C=[P+](C)N(COCCOCC[O-])[P+](=C)C. The van der Waals surface area contributed by atoms with Crippen molar-refractivity contribution in [1.29, 1.82) is 0 Å². The maximum atomic E-state index is 10.1. The zero-order valence-electron chi connectivity index (χ0n) is 9.52. The van der Waals surface area contributed by atoms with Gasteiger partial charge in [-0.15, -0.1) is 6.61 Å². The van der Waals surface area contributed by atoms with E-state index in [1.165, 1.54) is 0 Å². The van der Waals surface area contributed by atoms with Crippen LogP contribution in [-0.4, -0.2) is 63.5 Å². The van der Waals surface area contributed by atoms with Gasteiger partial charge in [0.05, 0.1) is 30.3 Å². The third-order valence-corrected chi connectivity index (χ3v) is 5.23. The number of rotatable bonds is 9. The van der Waals surface area contributed by atoms with Crippen molar-refractivity contribution in [2.24, 2.45) is 0 Å². The second-order valence-electron chi connectivity index (χ2n) is 3.04. The molecule has 0 heterocycles. The van der Waals surface area contributed by atoms with Gasteiger partial charge in [0.2, 0.25) is 15.4 Å². The average molecular weight is 252 g/mol. The Kier molecular flexibility index (Phi) is 9.52. The van der Waals surface area contributed by atoms with Crippen LogP contribution in [0.25, 0.3) is 0 Å². The highest BCUT2D eigenvalue weighted by atomic mass is 31.2. The van der Waals surface area contributed by atoms with Gasteiger partial charge >= 0.3 is 0 Å². The number of ether oxygens (including phenoxy) is 2. The first kappa shape index (κ1) is 15.2. The fourth-order valence-electron chi connectivity index (χ4n) is 0.883. The molecule has 6 heteroatoms. The molecule has 15 heavy (non-hydrogen) atoms. The molecule has 0 radical (unpaired) electrons. The Morgan fingerprint density at radius 1 is 1.07 bits per heavy atom. The van der Waals surface area contributed by atoms with Crippen LogP contribution in [0.3, 0.4) is 0 Å². The maximum absolute atomic E-state index is 10.1. The second kappa shape index (κ2) is 9.41. The summed E-state index contributed by atoms with van der Waals surface area (Å²) in [6, 6.07) is 0. The minimum atomic E-state index is -0.397. The topological polar surface area (TPSA) is 44.8 Å². The van der Waals surface area contributed by atoms with Gasteiger partial charge in [-0.1, -0.05) is 0 Å². The summed E-state index contributed by atoms with van der Waals surface area (Å²) in [5.41, 5.74) is 0. The van der Waals surface area contributed by atoms with Gasteiger partial charge < -0.3 is 14.6 Å². The van der Waals surface area contributed by atoms with E-state index in [1.807, 2.05) is 0 Å². The van der Waals surface area contributed by atoms with Crippen LogP contribution in [0.4, 0.5) is 0 Å². The minimum absolute atomic E-state index is 0.190. The van der Waals surface area contributed by atoms with Gasteiger partial charge in [-0.25, -0.2) is 0 Å². The van der Waals surface area contributed by atoms with Crippen LogP contribution in [0.5, 0.6) is 0 Å². The monoisotopic (exact) mass is 252 g/mol. The maximum Gasteiger partial charge on any atom is 0.221 e. The molecule has 0 bridgehead atoms. The molecule has 2 atom stereocenters. The van der Waals surface area contributed by atoms with Crippen molar-refractivity contribution in [3.05, 3.63) is 0 Å². The molecule has 0 saturated carbocycles. The summed E-state index contributed by atoms with van der Waals surface area (Å²) in [5.74, 6) is 0. The molecule has 2 unspecified atom stereocenters. The summed E-state index contributed by atoms with van der Waals surface area (Å²) >= 11 is 0. The van der Waals surface area contributed by atoms with Gasteiger partial charge in [0.1, 0.15) is 13.3 Å². The van der Waals surface area contributed by atoms with Gasteiger partial charge in [0.15, 0.2) is 6.73 Å². The molecule has 0 fully saturated rings. The van der Waals surface area contributed by atoms with Gasteiger partial charge in [-0.3, -0.25) is 0 Å². The molecular formula is C9H20NO3P2+. The first-order chi connectivity index (χ1) is 7.09.